The fraction of sp³-hybridized carbons (Fsp3) is 0.120. The van der Waals surface area contributed by atoms with E-state index < -0.39 is 5.82 Å². The van der Waals surface area contributed by atoms with Gasteiger partial charge in [-0.15, -0.1) is 0 Å². The quantitative estimate of drug-likeness (QED) is 0.347. The van der Waals surface area contributed by atoms with Crippen molar-refractivity contribution in [1.29, 1.82) is 0 Å². The number of carbonyl (C=O) groups excluding carboxylic acids is 1. The van der Waals surface area contributed by atoms with Crippen molar-refractivity contribution < 1.29 is 27.8 Å². The van der Waals surface area contributed by atoms with Crippen LogP contribution in [0.2, 0.25) is 0 Å². The minimum absolute atomic E-state index is 0.0433. The molecule has 162 valence electrons. The lowest BCUT2D eigenvalue weighted by molar-refractivity contribution is 0.0921. The maximum atomic E-state index is 13.0. The lowest BCUT2D eigenvalue weighted by Crippen LogP contribution is -2.11. The van der Waals surface area contributed by atoms with Crippen LogP contribution in [0.1, 0.15) is 17.3 Å². The largest absolute Gasteiger partial charge is 0.494 e. The molecule has 6 nitrogen and oxygen atoms in total. The van der Waals surface area contributed by atoms with E-state index in [9.17, 15) is 14.0 Å². The molecule has 0 unspecified atom stereocenters. The first-order chi connectivity index (χ1) is 15.5. The molecule has 0 saturated heterocycles. The average Bonchev–Trinajstić information content (AvgIpc) is 2.81. The van der Waals surface area contributed by atoms with Crippen LogP contribution >= 0.6 is 0 Å². The second-order valence-electron chi connectivity index (χ2n) is 6.81. The summed E-state index contributed by atoms with van der Waals surface area (Å²) in [5, 5.41) is 0.311. The van der Waals surface area contributed by atoms with Gasteiger partial charge in [-0.2, -0.15) is 0 Å². The summed E-state index contributed by atoms with van der Waals surface area (Å²) in [7, 11) is 0. The summed E-state index contributed by atoms with van der Waals surface area (Å²) in [5.41, 5.74) is 0.296. The van der Waals surface area contributed by atoms with Crippen molar-refractivity contribution in [3.8, 4) is 23.0 Å². The second kappa shape index (κ2) is 9.34. The fourth-order valence-corrected chi connectivity index (χ4v) is 3.02. The molecule has 0 atom stereocenters. The summed E-state index contributed by atoms with van der Waals surface area (Å²) in [6.07, 6.45) is 1.23. The summed E-state index contributed by atoms with van der Waals surface area (Å²) < 4.78 is 35.1. The summed E-state index contributed by atoms with van der Waals surface area (Å²) in [5.74, 6) is 0.858. The van der Waals surface area contributed by atoms with Gasteiger partial charge in [-0.05, 0) is 67.6 Å². The van der Waals surface area contributed by atoms with Crippen molar-refractivity contribution in [2.45, 2.75) is 6.92 Å². The first-order valence-corrected chi connectivity index (χ1v) is 9.91. The zero-order valence-electron chi connectivity index (χ0n) is 17.2. The smallest absolute Gasteiger partial charge is 0.235 e. The fourth-order valence-electron chi connectivity index (χ4n) is 3.02. The van der Waals surface area contributed by atoms with Gasteiger partial charge in [0.15, 0.2) is 12.4 Å². The molecule has 0 N–H and O–H groups in total. The van der Waals surface area contributed by atoms with Crippen molar-refractivity contribution in [3.05, 3.63) is 94.6 Å². The maximum absolute atomic E-state index is 13.0. The molecule has 0 aliphatic rings. The Morgan fingerprint density at radius 2 is 1.59 bits per heavy atom. The van der Waals surface area contributed by atoms with E-state index in [0.29, 0.717) is 40.4 Å². The number of benzene rings is 3. The number of ketones is 1. The van der Waals surface area contributed by atoms with E-state index in [-0.39, 0.29) is 23.6 Å². The van der Waals surface area contributed by atoms with Crippen LogP contribution < -0.4 is 19.6 Å². The Hall–Kier alpha value is -4.13. The summed E-state index contributed by atoms with van der Waals surface area (Å²) in [6.45, 7) is 2.21. The number of halogens is 1. The molecule has 0 bridgehead atoms. The van der Waals surface area contributed by atoms with Crippen molar-refractivity contribution in [1.82, 2.24) is 0 Å². The van der Waals surface area contributed by atoms with Gasteiger partial charge < -0.3 is 18.6 Å². The minimum Gasteiger partial charge on any atom is -0.494 e. The molecule has 0 fully saturated rings. The lowest BCUT2D eigenvalue weighted by atomic mass is 10.1. The highest BCUT2D eigenvalue weighted by Crippen LogP contribution is 2.25. The molecule has 4 aromatic rings. The van der Waals surface area contributed by atoms with E-state index in [1.54, 1.807) is 36.4 Å². The molecule has 0 spiro atoms. The van der Waals surface area contributed by atoms with Crippen LogP contribution in [-0.4, -0.2) is 19.0 Å². The lowest BCUT2D eigenvalue weighted by Gasteiger charge is -2.09. The van der Waals surface area contributed by atoms with Crippen molar-refractivity contribution >= 4 is 16.8 Å². The van der Waals surface area contributed by atoms with Gasteiger partial charge in [-0.25, -0.2) is 4.39 Å². The van der Waals surface area contributed by atoms with E-state index in [1.165, 1.54) is 36.6 Å². The molecule has 32 heavy (non-hydrogen) atoms. The highest BCUT2D eigenvalue weighted by Gasteiger charge is 2.12. The molecule has 0 saturated carbocycles. The molecule has 1 aromatic heterocycles. The Balaban J connectivity index is 1.47. The van der Waals surface area contributed by atoms with E-state index in [0.717, 1.165) is 0 Å². The molecular weight excluding hydrogens is 415 g/mol. The third kappa shape index (κ3) is 4.78. The standard InChI is InChI=1S/C25H19FO6/c1-2-29-18-7-9-19(10-8-18)32-24-15-31-23-13-20(11-12-21(23)25(24)28)30-14-22(27)16-3-5-17(26)6-4-16/h3-13,15H,2,14H2,1H3. The summed E-state index contributed by atoms with van der Waals surface area (Å²) >= 11 is 0. The van der Waals surface area contributed by atoms with Gasteiger partial charge in [0.05, 0.1) is 12.0 Å². The Bertz CT molecular complexity index is 1290. The van der Waals surface area contributed by atoms with Crippen LogP contribution in [0.5, 0.6) is 23.0 Å². The van der Waals surface area contributed by atoms with E-state index in [2.05, 4.69) is 0 Å². The van der Waals surface area contributed by atoms with Crippen LogP contribution in [-0.2, 0) is 0 Å². The third-order valence-electron chi connectivity index (χ3n) is 4.61. The van der Waals surface area contributed by atoms with Gasteiger partial charge in [-0.1, -0.05) is 0 Å². The van der Waals surface area contributed by atoms with Gasteiger partial charge in [0, 0.05) is 11.6 Å². The minimum atomic E-state index is -0.419. The number of rotatable bonds is 8. The normalized spacial score (nSPS) is 10.7. The van der Waals surface area contributed by atoms with Crippen LogP contribution in [0.4, 0.5) is 4.39 Å². The monoisotopic (exact) mass is 434 g/mol. The highest BCUT2D eigenvalue weighted by molar-refractivity contribution is 5.97. The molecule has 3 aromatic carbocycles. The van der Waals surface area contributed by atoms with Gasteiger partial charge in [0.1, 0.15) is 34.9 Å². The Morgan fingerprint density at radius 3 is 2.31 bits per heavy atom. The van der Waals surface area contributed by atoms with Gasteiger partial charge in [0.2, 0.25) is 11.2 Å². The van der Waals surface area contributed by atoms with Gasteiger partial charge in [-0.3, -0.25) is 9.59 Å². The second-order valence-corrected chi connectivity index (χ2v) is 6.81. The average molecular weight is 434 g/mol. The zero-order chi connectivity index (χ0) is 22.5. The van der Waals surface area contributed by atoms with Crippen LogP contribution in [0.15, 0.2) is 82.2 Å². The highest BCUT2D eigenvalue weighted by atomic mass is 19.1. The molecule has 4 rings (SSSR count). The molecule has 0 aliphatic carbocycles. The molecule has 1 heterocycles. The molecule has 0 aliphatic heterocycles. The van der Waals surface area contributed by atoms with Crippen molar-refractivity contribution in [2.24, 2.45) is 0 Å². The Labute approximate surface area is 182 Å². The Kier molecular flexibility index (Phi) is 6.17. The van der Waals surface area contributed by atoms with Gasteiger partial charge >= 0.3 is 0 Å². The predicted molar refractivity (Wildman–Crippen MR) is 116 cm³/mol. The number of carbonyl (C=O) groups is 1. The van der Waals surface area contributed by atoms with Crippen LogP contribution in [0, 0.1) is 5.82 Å². The Morgan fingerprint density at radius 1 is 0.906 bits per heavy atom. The number of hydrogen-bond acceptors (Lipinski definition) is 6. The molecule has 7 heteroatoms. The number of hydrogen-bond donors (Lipinski definition) is 0. The SMILES string of the molecule is CCOc1ccc(Oc2coc3cc(OCC(=O)c4ccc(F)cc4)ccc3c2=O)cc1. The molecule has 0 amide bonds. The third-order valence-corrected chi connectivity index (χ3v) is 4.61. The molecule has 0 radical (unpaired) electrons. The van der Waals surface area contributed by atoms with Crippen molar-refractivity contribution in [2.75, 3.05) is 13.2 Å². The van der Waals surface area contributed by atoms with Crippen LogP contribution in [0.3, 0.4) is 0 Å². The first kappa shape index (κ1) is 21.1. The van der Waals surface area contributed by atoms with Crippen molar-refractivity contribution in [3.63, 3.8) is 0 Å². The zero-order valence-corrected chi connectivity index (χ0v) is 17.2. The number of ether oxygens (including phenoxy) is 3. The predicted octanol–water partition coefficient (Wildman–Crippen LogP) is 5.38. The van der Waals surface area contributed by atoms with E-state index >= 15 is 0 Å². The topological polar surface area (TPSA) is 75.0 Å². The maximum Gasteiger partial charge on any atom is 0.235 e. The van der Waals surface area contributed by atoms with Gasteiger partial charge in [0.25, 0.3) is 0 Å². The summed E-state index contributed by atoms with van der Waals surface area (Å²) in [6, 6.07) is 16.7. The van der Waals surface area contributed by atoms with Crippen LogP contribution in [0.25, 0.3) is 11.0 Å². The van der Waals surface area contributed by atoms with E-state index in [1.807, 2.05) is 6.92 Å². The number of fused-ring (bicyclic) bond motifs is 1. The first-order valence-electron chi connectivity index (χ1n) is 9.91. The summed E-state index contributed by atoms with van der Waals surface area (Å²) in [4.78, 5) is 24.9. The van der Waals surface area contributed by atoms with E-state index in [4.69, 9.17) is 18.6 Å². The molecular formula is C25H19FO6. The number of Topliss-reactive ketones (excluding diaryl/α,β-unsaturated/α-hetero) is 1.